The molecule has 0 bridgehead atoms. The van der Waals surface area contributed by atoms with E-state index < -0.39 is 271 Å². The van der Waals surface area contributed by atoms with Crippen molar-refractivity contribution < 1.29 is 188 Å². The molecule has 0 radical (unpaired) electrons. The maximum Gasteiger partial charge on any atom is 0.334 e. The SMILES string of the molecule is C=C[C@](C)(CC/C=C(\C)CC/C=C(\C)CC/C=C(/C)CO[C@@H]1O[C@H](CO[C@@H]2O[C@@H](C)[C@H](O)[C@@H](O)[C@H]2O)[C@@H](O[C@@H]2O[C@@H](C)[C@H](O)[C@@H](O)[C@H]2OC(=O)/C(C)=C/C(O)C/C(C)=C/CC/C(C)=C/CC[C@@](C)(C=C)O[C@@H]2O[C@H](CO)[C@@H](O)[C@H](O)[C@H]2O[C@@H]2O[C@H](CO)[C@@H](O)[C@H](O)[C@H]2O)[C@H](O)[C@H]1O)O[C@@H]1O[C@H](CO)[C@@H](O)[C@H](O)[C@H]1O[C@@H]1O[C@H](CO)[C@@H](O)[C@H](O)[C@H]1O. The van der Waals surface area contributed by atoms with Crippen molar-refractivity contribution in [3.8, 4) is 0 Å². The van der Waals surface area contributed by atoms with Gasteiger partial charge in [0.2, 0.25) is 0 Å². The Morgan fingerprint density at radius 3 is 1.15 bits per heavy atom. The molecule has 7 aliphatic rings. The molecule has 0 saturated carbocycles. The first-order valence-electron chi connectivity index (χ1n) is 40.9. The second kappa shape index (κ2) is 47.7. The minimum atomic E-state index is -1.91. The summed E-state index contributed by atoms with van der Waals surface area (Å²) in [6.45, 7) is 21.2. The Morgan fingerprint density at radius 2 is 0.708 bits per heavy atom. The van der Waals surface area contributed by atoms with Crippen LogP contribution in [0.15, 0.2) is 95.2 Å². The first-order valence-corrected chi connectivity index (χ1v) is 40.9. The van der Waals surface area contributed by atoms with Crippen molar-refractivity contribution in [3.63, 3.8) is 0 Å². The maximum absolute atomic E-state index is 13.9. The smallest absolute Gasteiger partial charge is 0.334 e. The summed E-state index contributed by atoms with van der Waals surface area (Å²) in [6.07, 6.45) is -38.6. The molecule has 0 aromatic heterocycles. The fourth-order valence-corrected chi connectivity index (χ4v) is 14.8. The number of aliphatic hydroxyl groups excluding tert-OH is 22. The van der Waals surface area contributed by atoms with Gasteiger partial charge in [0.05, 0.1) is 69.2 Å². The van der Waals surface area contributed by atoms with Gasteiger partial charge in [0.1, 0.15) is 153 Å². The summed E-state index contributed by atoms with van der Waals surface area (Å²) in [5.41, 5.74) is 2.11. The van der Waals surface area contributed by atoms with Gasteiger partial charge in [-0.3, -0.25) is 0 Å². The standard InChI is InChI=1S/C82H134O38/c1-13-81(11,119-79-71(62(98)56(92)49(34-85)112-79)117-76-66(102)59(95)54(90)47(32-83)110-76)28-18-26-39(4)21-15-20-38(3)23-17-25-42(7)36-106-75-68(104)64(100)69(51(114-75)37-107-74-65(101)58(94)52(88)44(9)108-74)116-78-70(61(97)53(89)45(10)109-78)115-73(105)43(8)31-46(87)30-41(6)24-16-22-40(5)27-19-29-82(12,14-2)120-80-72(63(99)57(93)50(35-86)113-80)118-77-67(103)60(96)55(91)48(33-84)111-77/h13-14,20,24-27,31,44-72,74-80,83-104H,1-2,15-19,21-23,28-30,32-37H2,3-12H3/b38-20+,39-26+,40-27+,41-24+,42-25-,43-31+/t44-,45-,46?,47+,48+,49+,50+,51+,52-,53-,54+,55+,56+,57+,58+,59-,60-,61+,62-,63-,64+,65+,66+,67+,68+,69+,70+,71+,72+,74+,75+,76-,77-,78-,79-,80-,81+,82+/m0/s1. The number of esters is 1. The van der Waals surface area contributed by atoms with E-state index in [-0.39, 0.29) is 25.0 Å². The van der Waals surface area contributed by atoms with Crippen LogP contribution < -0.4 is 0 Å². The van der Waals surface area contributed by atoms with Crippen molar-refractivity contribution in [2.75, 3.05) is 39.6 Å². The average molecular weight is 1730 g/mol. The van der Waals surface area contributed by atoms with Gasteiger partial charge in [-0.15, -0.1) is 13.2 Å². The monoisotopic (exact) mass is 1730 g/mol. The molecule has 7 aliphatic heterocycles. The summed E-state index contributed by atoms with van der Waals surface area (Å²) >= 11 is 0. The van der Waals surface area contributed by atoms with Gasteiger partial charge in [-0.1, -0.05) is 70.4 Å². The van der Waals surface area contributed by atoms with E-state index in [1.165, 1.54) is 39.0 Å². The number of carbonyl (C=O) groups excluding carboxylic acids is 1. The van der Waals surface area contributed by atoms with E-state index in [1.807, 2.05) is 45.1 Å². The molecule has 0 aromatic carbocycles. The predicted molar refractivity (Wildman–Crippen MR) is 418 cm³/mol. The first-order chi connectivity index (χ1) is 56.6. The fraction of sp³-hybridized carbons (Fsp3) is 0.793. The van der Waals surface area contributed by atoms with Crippen molar-refractivity contribution in [1.29, 1.82) is 0 Å². The van der Waals surface area contributed by atoms with Gasteiger partial charge in [0.25, 0.3) is 0 Å². The second-order valence-corrected chi connectivity index (χ2v) is 32.9. The highest BCUT2D eigenvalue weighted by atomic mass is 16.8. The molecule has 22 N–H and O–H groups in total. The lowest BCUT2D eigenvalue weighted by atomic mass is 9.95. The molecule has 38 atom stereocenters. The molecule has 7 heterocycles. The van der Waals surface area contributed by atoms with Crippen LogP contribution >= 0.6 is 0 Å². The van der Waals surface area contributed by atoms with Crippen molar-refractivity contribution in [3.05, 3.63) is 95.2 Å². The zero-order valence-corrected chi connectivity index (χ0v) is 69.7. The molecule has 7 fully saturated rings. The normalized spacial score (nSPS) is 41.1. The summed E-state index contributed by atoms with van der Waals surface area (Å²) in [7, 11) is 0. The maximum atomic E-state index is 13.9. The summed E-state index contributed by atoms with van der Waals surface area (Å²) in [4.78, 5) is 13.9. The minimum absolute atomic E-state index is 0.0718. The minimum Gasteiger partial charge on any atom is -0.451 e. The van der Waals surface area contributed by atoms with Crippen LogP contribution in [0.4, 0.5) is 0 Å². The number of hydrogen-bond donors (Lipinski definition) is 22. The average Bonchev–Trinajstić information content (AvgIpc) is 0.787. The van der Waals surface area contributed by atoms with Gasteiger partial charge in [-0.25, -0.2) is 4.79 Å². The van der Waals surface area contributed by atoms with E-state index in [4.69, 9.17) is 71.1 Å². The highest BCUT2D eigenvalue weighted by Crippen LogP contribution is 2.39. The lowest BCUT2D eigenvalue weighted by Crippen LogP contribution is -2.65. The quantitative estimate of drug-likeness (QED) is 0.0161. The Labute approximate surface area is 698 Å². The lowest BCUT2D eigenvalue weighted by Gasteiger charge is -2.47. The molecule has 0 aromatic rings. The van der Waals surface area contributed by atoms with E-state index in [9.17, 15) is 117 Å². The van der Waals surface area contributed by atoms with E-state index >= 15 is 0 Å². The molecular weight excluding hydrogens is 1590 g/mol. The van der Waals surface area contributed by atoms with Crippen molar-refractivity contribution >= 4 is 5.97 Å². The van der Waals surface area contributed by atoms with Crippen LogP contribution in [0.3, 0.4) is 0 Å². The number of ether oxygens (including phenoxy) is 15. The van der Waals surface area contributed by atoms with E-state index in [1.54, 1.807) is 27.7 Å². The molecule has 1 unspecified atom stereocenters. The molecule has 0 aliphatic carbocycles. The Morgan fingerprint density at radius 1 is 0.375 bits per heavy atom. The van der Waals surface area contributed by atoms with Gasteiger partial charge in [0.15, 0.2) is 50.1 Å². The van der Waals surface area contributed by atoms with Crippen molar-refractivity contribution in [2.24, 2.45) is 0 Å². The fourth-order valence-electron chi connectivity index (χ4n) is 14.8. The lowest BCUT2D eigenvalue weighted by molar-refractivity contribution is -0.375. The highest BCUT2D eigenvalue weighted by Gasteiger charge is 2.57. The number of carbonyl (C=O) groups is 1. The molecule has 0 spiro atoms. The third-order valence-electron chi connectivity index (χ3n) is 22.9. The van der Waals surface area contributed by atoms with Gasteiger partial charge in [0, 0.05) is 5.57 Å². The summed E-state index contributed by atoms with van der Waals surface area (Å²) in [5.74, 6) is -1.07. The molecule has 0 amide bonds. The van der Waals surface area contributed by atoms with Crippen LogP contribution in [0.25, 0.3) is 0 Å². The topological polar surface area (TPSA) is 601 Å². The molecule has 690 valence electrons. The number of rotatable bonds is 42. The summed E-state index contributed by atoms with van der Waals surface area (Å²) in [5, 5.41) is 235. The molecule has 38 nitrogen and oxygen atoms in total. The Kier molecular flexibility index (Phi) is 40.9. The van der Waals surface area contributed by atoms with Gasteiger partial charge in [-0.05, 0) is 146 Å². The predicted octanol–water partition coefficient (Wildman–Crippen LogP) is -3.44. The van der Waals surface area contributed by atoms with Crippen LogP contribution in [-0.4, -0.2) is 390 Å². The molecule has 7 saturated heterocycles. The third-order valence-corrected chi connectivity index (χ3v) is 22.9. The first kappa shape index (κ1) is 103. The largest absolute Gasteiger partial charge is 0.451 e. The molecule has 7 rings (SSSR count). The third kappa shape index (κ3) is 27.5. The highest BCUT2D eigenvalue weighted by molar-refractivity contribution is 5.88. The van der Waals surface area contributed by atoms with Crippen LogP contribution in [0.1, 0.15) is 140 Å². The van der Waals surface area contributed by atoms with Crippen LogP contribution in [-0.2, 0) is 75.8 Å². The van der Waals surface area contributed by atoms with Crippen LogP contribution in [0.2, 0.25) is 0 Å². The zero-order valence-electron chi connectivity index (χ0n) is 69.7. The van der Waals surface area contributed by atoms with E-state index in [2.05, 4.69) is 19.2 Å². The summed E-state index contributed by atoms with van der Waals surface area (Å²) < 4.78 is 88.7. The van der Waals surface area contributed by atoms with Crippen LogP contribution in [0.5, 0.6) is 0 Å². The van der Waals surface area contributed by atoms with Gasteiger partial charge < -0.3 is 183 Å². The zero-order chi connectivity index (χ0) is 89.1. The van der Waals surface area contributed by atoms with E-state index in [0.29, 0.717) is 63.4 Å². The molecule has 120 heavy (non-hydrogen) atoms. The molecule has 38 heteroatoms. The molecular formula is C82H134O38. The Bertz CT molecular complexity index is 3340. The van der Waals surface area contributed by atoms with Crippen molar-refractivity contribution in [1.82, 2.24) is 0 Å². The van der Waals surface area contributed by atoms with Crippen molar-refractivity contribution in [2.45, 2.75) is 372 Å². The summed E-state index contributed by atoms with van der Waals surface area (Å²) in [6, 6.07) is 0. The number of hydrogen-bond acceptors (Lipinski definition) is 38. The number of aliphatic hydroxyl groups is 22. The van der Waals surface area contributed by atoms with Gasteiger partial charge >= 0.3 is 5.97 Å². The Hall–Kier alpha value is -4.05. The van der Waals surface area contributed by atoms with Crippen LogP contribution in [0, 0.1) is 0 Å². The Balaban J connectivity index is 0.909. The van der Waals surface area contributed by atoms with Gasteiger partial charge in [-0.2, -0.15) is 0 Å². The second-order valence-electron chi connectivity index (χ2n) is 32.9. The number of allylic oxidation sites excluding steroid dienone is 8. The van der Waals surface area contributed by atoms with E-state index in [0.717, 1.165) is 22.3 Å².